The molecule has 26 heavy (non-hydrogen) atoms. The average Bonchev–Trinajstić information content (AvgIpc) is 3.11. The van der Waals surface area contributed by atoms with Crippen molar-refractivity contribution in [1.82, 2.24) is 20.4 Å². The maximum absolute atomic E-state index is 12.9. The van der Waals surface area contributed by atoms with E-state index in [-0.39, 0.29) is 5.82 Å². The summed E-state index contributed by atoms with van der Waals surface area (Å²) < 4.78 is 18.4. The van der Waals surface area contributed by atoms with Gasteiger partial charge < -0.3 is 9.84 Å². The minimum atomic E-state index is -0.208. The van der Waals surface area contributed by atoms with Crippen LogP contribution >= 0.6 is 0 Å². The van der Waals surface area contributed by atoms with Crippen LogP contribution in [-0.4, -0.2) is 21.7 Å². The molecule has 0 spiro atoms. The lowest BCUT2D eigenvalue weighted by atomic mass is 9.95. The third kappa shape index (κ3) is 3.51. The molecule has 0 fully saturated rings. The number of benzene rings is 1. The highest BCUT2D eigenvalue weighted by Crippen LogP contribution is 2.28. The monoisotopic (exact) mass is 352 g/mol. The van der Waals surface area contributed by atoms with Crippen LogP contribution in [0.25, 0.3) is 11.4 Å². The van der Waals surface area contributed by atoms with Gasteiger partial charge in [-0.05, 0) is 61.6 Å². The summed E-state index contributed by atoms with van der Waals surface area (Å²) >= 11 is 0. The first kappa shape index (κ1) is 16.8. The molecule has 0 amide bonds. The lowest BCUT2D eigenvalue weighted by Gasteiger charge is -2.19. The molecule has 1 aromatic carbocycles. The molecule has 3 heterocycles. The Morgan fingerprint density at radius 3 is 2.88 bits per heavy atom. The number of nitrogens with zero attached hydrogens (tertiary/aromatic N) is 3. The summed E-state index contributed by atoms with van der Waals surface area (Å²) in [6.45, 7) is 3.77. The van der Waals surface area contributed by atoms with Crippen LogP contribution in [0.4, 0.5) is 4.39 Å². The van der Waals surface area contributed by atoms with Gasteiger partial charge in [0.25, 0.3) is 0 Å². The van der Waals surface area contributed by atoms with Gasteiger partial charge >= 0.3 is 0 Å². The molecule has 3 aromatic rings. The van der Waals surface area contributed by atoms with E-state index in [0.29, 0.717) is 18.1 Å². The molecule has 0 bridgehead atoms. The van der Waals surface area contributed by atoms with Crippen molar-refractivity contribution in [2.75, 3.05) is 6.54 Å². The molecule has 0 atom stereocenters. The average molecular weight is 352 g/mol. The van der Waals surface area contributed by atoms with Crippen LogP contribution in [0.2, 0.25) is 0 Å². The SMILES string of the molecule is Cc1ncc2c(c1-c1noc(CCCc3ccc(F)cc3)n1)CCNC2. The van der Waals surface area contributed by atoms with Gasteiger partial charge in [0.05, 0.1) is 0 Å². The van der Waals surface area contributed by atoms with E-state index in [4.69, 9.17) is 4.52 Å². The van der Waals surface area contributed by atoms with Crippen LogP contribution in [0.3, 0.4) is 0 Å². The van der Waals surface area contributed by atoms with Crippen molar-refractivity contribution in [3.05, 3.63) is 64.6 Å². The zero-order valence-corrected chi connectivity index (χ0v) is 14.8. The van der Waals surface area contributed by atoms with E-state index in [2.05, 4.69) is 20.4 Å². The fourth-order valence-corrected chi connectivity index (χ4v) is 3.42. The predicted molar refractivity (Wildman–Crippen MR) is 96.1 cm³/mol. The lowest BCUT2D eigenvalue weighted by molar-refractivity contribution is 0.376. The molecule has 1 aliphatic heterocycles. The third-order valence-corrected chi connectivity index (χ3v) is 4.79. The maximum Gasteiger partial charge on any atom is 0.226 e. The van der Waals surface area contributed by atoms with Crippen LogP contribution in [0.5, 0.6) is 0 Å². The molecule has 0 saturated carbocycles. The first-order chi connectivity index (χ1) is 12.7. The Labute approximate surface area is 151 Å². The summed E-state index contributed by atoms with van der Waals surface area (Å²) in [5.74, 6) is 1.05. The summed E-state index contributed by atoms with van der Waals surface area (Å²) in [7, 11) is 0. The molecule has 0 radical (unpaired) electrons. The van der Waals surface area contributed by atoms with E-state index >= 15 is 0 Å². The quantitative estimate of drug-likeness (QED) is 0.762. The number of pyridine rings is 1. The topological polar surface area (TPSA) is 63.8 Å². The van der Waals surface area contributed by atoms with E-state index < -0.39 is 0 Å². The van der Waals surface area contributed by atoms with Crippen molar-refractivity contribution in [3.63, 3.8) is 0 Å². The normalized spacial score (nSPS) is 13.6. The maximum atomic E-state index is 12.9. The van der Waals surface area contributed by atoms with Crippen molar-refractivity contribution >= 4 is 0 Å². The summed E-state index contributed by atoms with van der Waals surface area (Å²) in [4.78, 5) is 9.09. The zero-order chi connectivity index (χ0) is 17.9. The van der Waals surface area contributed by atoms with Gasteiger partial charge in [0.15, 0.2) is 0 Å². The molecule has 1 aliphatic rings. The van der Waals surface area contributed by atoms with Crippen LogP contribution in [-0.2, 0) is 25.8 Å². The van der Waals surface area contributed by atoms with E-state index in [1.54, 1.807) is 0 Å². The summed E-state index contributed by atoms with van der Waals surface area (Å²) in [5.41, 5.74) is 5.53. The first-order valence-electron chi connectivity index (χ1n) is 8.96. The number of halogens is 1. The summed E-state index contributed by atoms with van der Waals surface area (Å²) in [6, 6.07) is 6.61. The van der Waals surface area contributed by atoms with Crippen molar-refractivity contribution in [1.29, 1.82) is 0 Å². The molecular formula is C20H21FN4O. The van der Waals surface area contributed by atoms with Gasteiger partial charge in [-0.2, -0.15) is 4.98 Å². The van der Waals surface area contributed by atoms with E-state index in [9.17, 15) is 4.39 Å². The van der Waals surface area contributed by atoms with Gasteiger partial charge in [0.2, 0.25) is 11.7 Å². The van der Waals surface area contributed by atoms with Crippen molar-refractivity contribution in [2.45, 2.75) is 39.2 Å². The minimum Gasteiger partial charge on any atom is -0.339 e. The van der Waals surface area contributed by atoms with Gasteiger partial charge in [-0.15, -0.1) is 0 Å². The molecule has 5 nitrogen and oxygen atoms in total. The number of aromatic nitrogens is 3. The van der Waals surface area contributed by atoms with Crippen molar-refractivity contribution in [3.8, 4) is 11.4 Å². The molecule has 0 aliphatic carbocycles. The highest BCUT2D eigenvalue weighted by atomic mass is 19.1. The second-order valence-corrected chi connectivity index (χ2v) is 6.64. The Morgan fingerprint density at radius 2 is 2.04 bits per heavy atom. The van der Waals surface area contributed by atoms with Crippen molar-refractivity contribution in [2.24, 2.45) is 0 Å². The second kappa shape index (κ2) is 7.33. The Hall–Kier alpha value is -2.60. The van der Waals surface area contributed by atoms with Gasteiger partial charge in [0.1, 0.15) is 5.82 Å². The number of aryl methyl sites for hydroxylation is 3. The highest BCUT2D eigenvalue weighted by molar-refractivity contribution is 5.64. The highest BCUT2D eigenvalue weighted by Gasteiger charge is 2.20. The van der Waals surface area contributed by atoms with Gasteiger partial charge in [-0.1, -0.05) is 17.3 Å². The zero-order valence-electron chi connectivity index (χ0n) is 14.8. The first-order valence-corrected chi connectivity index (χ1v) is 8.96. The standard InChI is InChI=1S/C20H21FN4O/c1-13-19(17-9-10-22-11-15(17)12-23-13)20-24-18(26-25-20)4-2-3-14-5-7-16(21)8-6-14/h5-8,12,22H,2-4,9-11H2,1H3. The summed E-state index contributed by atoms with van der Waals surface area (Å²) in [6.07, 6.45) is 5.31. The summed E-state index contributed by atoms with van der Waals surface area (Å²) in [5, 5.41) is 7.56. The number of rotatable bonds is 5. The smallest absolute Gasteiger partial charge is 0.226 e. The minimum absolute atomic E-state index is 0.208. The fourth-order valence-electron chi connectivity index (χ4n) is 3.42. The Kier molecular flexibility index (Phi) is 4.75. The van der Waals surface area contributed by atoms with Crippen LogP contribution in [0.1, 0.15) is 34.7 Å². The van der Waals surface area contributed by atoms with E-state index in [0.717, 1.165) is 49.2 Å². The molecule has 1 N–H and O–H groups in total. The van der Waals surface area contributed by atoms with Gasteiger partial charge in [0, 0.05) is 30.4 Å². The Morgan fingerprint density at radius 1 is 1.19 bits per heavy atom. The van der Waals surface area contributed by atoms with Gasteiger partial charge in [-0.25, -0.2) is 4.39 Å². The van der Waals surface area contributed by atoms with Gasteiger partial charge in [-0.3, -0.25) is 4.98 Å². The molecule has 0 saturated heterocycles. The number of hydrogen-bond acceptors (Lipinski definition) is 5. The van der Waals surface area contributed by atoms with E-state index in [1.807, 2.05) is 25.3 Å². The molecule has 2 aromatic heterocycles. The Bertz CT molecular complexity index is 905. The van der Waals surface area contributed by atoms with Crippen LogP contribution in [0, 0.1) is 12.7 Å². The van der Waals surface area contributed by atoms with Crippen LogP contribution < -0.4 is 5.32 Å². The molecule has 4 rings (SSSR count). The van der Waals surface area contributed by atoms with E-state index in [1.165, 1.54) is 23.3 Å². The lowest BCUT2D eigenvalue weighted by Crippen LogP contribution is -2.24. The largest absolute Gasteiger partial charge is 0.339 e. The molecule has 0 unspecified atom stereocenters. The second-order valence-electron chi connectivity index (χ2n) is 6.64. The molecular weight excluding hydrogens is 331 g/mol. The molecule has 134 valence electrons. The van der Waals surface area contributed by atoms with Crippen LogP contribution in [0.15, 0.2) is 35.0 Å². The Balaban J connectivity index is 1.47. The third-order valence-electron chi connectivity index (χ3n) is 4.79. The number of nitrogens with one attached hydrogen (secondary N) is 1. The fraction of sp³-hybridized carbons (Fsp3) is 0.350. The van der Waals surface area contributed by atoms with Crippen molar-refractivity contribution < 1.29 is 8.91 Å². The number of hydrogen-bond donors (Lipinski definition) is 1. The number of fused-ring (bicyclic) bond motifs is 1. The predicted octanol–water partition coefficient (Wildman–Crippen LogP) is 3.40. The molecule has 6 heteroatoms.